The predicted octanol–water partition coefficient (Wildman–Crippen LogP) is 1.02. The van der Waals surface area contributed by atoms with Gasteiger partial charge in [-0.05, 0) is 18.6 Å². The van der Waals surface area contributed by atoms with Crippen molar-refractivity contribution in [2.24, 2.45) is 0 Å². The van der Waals surface area contributed by atoms with Gasteiger partial charge < -0.3 is 5.32 Å². The molecule has 25 heavy (non-hydrogen) atoms. The standard InChI is InChI=1S/C15H19N7O2S/c1-2-5-17-14-13-10-20-22(15(13)19-11-18-14)8-7-21-25(23,24)12-4-3-6-16-9-12/h3-4,6,9-11,21H,2,5,7-8H2,1H3,(H,17,18,19). The molecule has 3 heterocycles. The molecule has 3 rings (SSSR count). The van der Waals surface area contributed by atoms with Gasteiger partial charge in [-0.1, -0.05) is 6.92 Å². The van der Waals surface area contributed by atoms with E-state index in [9.17, 15) is 8.42 Å². The molecule has 0 saturated heterocycles. The smallest absolute Gasteiger partial charge is 0.242 e. The molecule has 0 radical (unpaired) electrons. The number of nitrogens with zero attached hydrogens (tertiary/aromatic N) is 5. The lowest BCUT2D eigenvalue weighted by molar-refractivity contribution is 0.564. The Morgan fingerprint density at radius 2 is 2.08 bits per heavy atom. The van der Waals surface area contributed by atoms with Crippen LogP contribution in [-0.2, 0) is 16.6 Å². The molecular formula is C15H19N7O2S. The molecule has 132 valence electrons. The van der Waals surface area contributed by atoms with E-state index in [4.69, 9.17) is 0 Å². The van der Waals surface area contributed by atoms with Crippen molar-refractivity contribution in [3.63, 3.8) is 0 Å². The van der Waals surface area contributed by atoms with E-state index in [1.54, 1.807) is 16.9 Å². The van der Waals surface area contributed by atoms with E-state index in [1.807, 2.05) is 0 Å². The van der Waals surface area contributed by atoms with E-state index in [2.05, 4.69) is 37.0 Å². The fourth-order valence-corrected chi connectivity index (χ4v) is 3.30. The maximum atomic E-state index is 12.2. The zero-order valence-corrected chi connectivity index (χ0v) is 14.6. The van der Waals surface area contributed by atoms with Crippen molar-refractivity contribution in [3.05, 3.63) is 37.1 Å². The van der Waals surface area contributed by atoms with Gasteiger partial charge in [-0.15, -0.1) is 0 Å². The number of hydrogen-bond acceptors (Lipinski definition) is 7. The van der Waals surface area contributed by atoms with E-state index in [1.165, 1.54) is 24.8 Å². The fraction of sp³-hybridized carbons (Fsp3) is 0.333. The van der Waals surface area contributed by atoms with Crippen LogP contribution in [0.5, 0.6) is 0 Å². The van der Waals surface area contributed by atoms with Crippen LogP contribution in [0.1, 0.15) is 13.3 Å². The van der Waals surface area contributed by atoms with Crippen LogP contribution in [0.15, 0.2) is 41.9 Å². The van der Waals surface area contributed by atoms with E-state index >= 15 is 0 Å². The molecule has 0 aliphatic heterocycles. The van der Waals surface area contributed by atoms with Crippen LogP contribution in [0.3, 0.4) is 0 Å². The molecule has 0 bridgehead atoms. The number of rotatable bonds is 8. The second-order valence-electron chi connectivity index (χ2n) is 5.34. The SMILES string of the molecule is CCCNc1ncnc2c1cnn2CCNS(=O)(=O)c1cccnc1. The van der Waals surface area contributed by atoms with Gasteiger partial charge in [-0.3, -0.25) is 4.98 Å². The summed E-state index contributed by atoms with van der Waals surface area (Å²) in [6.45, 7) is 3.42. The topological polar surface area (TPSA) is 115 Å². The number of aromatic nitrogens is 5. The summed E-state index contributed by atoms with van der Waals surface area (Å²) < 4.78 is 28.6. The summed E-state index contributed by atoms with van der Waals surface area (Å²) in [6, 6.07) is 3.08. The molecule has 0 aliphatic carbocycles. The largest absolute Gasteiger partial charge is 0.369 e. The Labute approximate surface area is 145 Å². The first-order valence-electron chi connectivity index (χ1n) is 7.92. The van der Waals surface area contributed by atoms with Crippen molar-refractivity contribution in [1.29, 1.82) is 0 Å². The highest BCUT2D eigenvalue weighted by atomic mass is 32.2. The minimum absolute atomic E-state index is 0.133. The summed E-state index contributed by atoms with van der Waals surface area (Å²) in [5.41, 5.74) is 0.661. The van der Waals surface area contributed by atoms with Crippen molar-refractivity contribution >= 4 is 26.9 Å². The molecule has 0 aromatic carbocycles. The molecule has 3 aromatic heterocycles. The summed E-state index contributed by atoms with van der Waals surface area (Å²) in [7, 11) is -3.59. The Hall–Kier alpha value is -2.59. The highest BCUT2D eigenvalue weighted by Gasteiger charge is 2.14. The quantitative estimate of drug-likeness (QED) is 0.615. The van der Waals surface area contributed by atoms with Crippen molar-refractivity contribution in [3.8, 4) is 0 Å². The van der Waals surface area contributed by atoms with Gasteiger partial charge in [0, 0.05) is 25.5 Å². The van der Waals surface area contributed by atoms with Crippen LogP contribution in [0.25, 0.3) is 11.0 Å². The molecule has 0 spiro atoms. The Morgan fingerprint density at radius 1 is 1.20 bits per heavy atom. The summed E-state index contributed by atoms with van der Waals surface area (Å²) >= 11 is 0. The predicted molar refractivity (Wildman–Crippen MR) is 93.5 cm³/mol. The third kappa shape index (κ3) is 3.91. The van der Waals surface area contributed by atoms with Gasteiger partial charge in [-0.2, -0.15) is 5.10 Å². The highest BCUT2D eigenvalue weighted by molar-refractivity contribution is 7.89. The third-order valence-corrected chi connectivity index (χ3v) is 4.98. The van der Waals surface area contributed by atoms with Gasteiger partial charge in [-0.25, -0.2) is 27.8 Å². The molecule has 9 nitrogen and oxygen atoms in total. The average molecular weight is 361 g/mol. The van der Waals surface area contributed by atoms with Crippen molar-refractivity contribution in [2.75, 3.05) is 18.4 Å². The van der Waals surface area contributed by atoms with Crippen molar-refractivity contribution in [2.45, 2.75) is 24.8 Å². The minimum Gasteiger partial charge on any atom is -0.369 e. The minimum atomic E-state index is -3.59. The zero-order valence-electron chi connectivity index (χ0n) is 13.8. The van der Waals surface area contributed by atoms with Crippen molar-refractivity contribution < 1.29 is 8.42 Å². The number of hydrogen-bond donors (Lipinski definition) is 2. The number of fused-ring (bicyclic) bond motifs is 1. The first-order chi connectivity index (χ1) is 12.1. The van der Waals surface area contributed by atoms with E-state index < -0.39 is 10.0 Å². The monoisotopic (exact) mass is 361 g/mol. The number of pyridine rings is 1. The number of nitrogens with one attached hydrogen (secondary N) is 2. The van der Waals surface area contributed by atoms with Gasteiger partial charge in [0.1, 0.15) is 17.0 Å². The molecule has 10 heteroatoms. The van der Waals surface area contributed by atoms with Crippen LogP contribution in [0.2, 0.25) is 0 Å². The molecule has 2 N–H and O–H groups in total. The Bertz CT molecular complexity index is 941. The number of sulfonamides is 1. The molecule has 3 aromatic rings. The highest BCUT2D eigenvalue weighted by Crippen LogP contribution is 2.18. The fourth-order valence-electron chi connectivity index (χ4n) is 2.32. The Kier molecular flexibility index (Phi) is 5.19. The summed E-state index contributed by atoms with van der Waals surface area (Å²) in [5, 5.41) is 8.32. The Morgan fingerprint density at radius 3 is 2.84 bits per heavy atom. The Balaban J connectivity index is 1.70. The van der Waals surface area contributed by atoms with Crippen LogP contribution < -0.4 is 10.0 Å². The van der Waals surface area contributed by atoms with Gasteiger partial charge in [0.15, 0.2) is 5.65 Å². The van der Waals surface area contributed by atoms with Gasteiger partial charge in [0.2, 0.25) is 10.0 Å². The summed E-state index contributed by atoms with van der Waals surface area (Å²) in [4.78, 5) is 12.4. The zero-order chi connectivity index (χ0) is 17.7. The molecule has 0 atom stereocenters. The second kappa shape index (κ2) is 7.53. The maximum absolute atomic E-state index is 12.2. The van der Waals surface area contributed by atoms with E-state index in [0.717, 1.165) is 24.2 Å². The molecular weight excluding hydrogens is 342 g/mol. The van der Waals surface area contributed by atoms with Crippen LogP contribution in [0.4, 0.5) is 5.82 Å². The lowest BCUT2D eigenvalue weighted by Gasteiger charge is -2.07. The third-order valence-electron chi connectivity index (χ3n) is 3.54. The van der Waals surface area contributed by atoms with E-state index in [-0.39, 0.29) is 11.4 Å². The maximum Gasteiger partial charge on any atom is 0.242 e. The molecule has 0 amide bonds. The normalized spacial score (nSPS) is 11.7. The second-order valence-corrected chi connectivity index (χ2v) is 7.11. The molecule has 0 unspecified atom stereocenters. The van der Waals surface area contributed by atoms with Gasteiger partial charge >= 0.3 is 0 Å². The van der Waals surface area contributed by atoms with Gasteiger partial charge in [0.05, 0.1) is 18.1 Å². The molecule has 0 saturated carbocycles. The first kappa shape index (κ1) is 17.2. The summed E-state index contributed by atoms with van der Waals surface area (Å²) in [5.74, 6) is 0.731. The lowest BCUT2D eigenvalue weighted by atomic mass is 10.4. The van der Waals surface area contributed by atoms with Crippen LogP contribution in [0, 0.1) is 0 Å². The number of anilines is 1. The van der Waals surface area contributed by atoms with Gasteiger partial charge in [0.25, 0.3) is 0 Å². The van der Waals surface area contributed by atoms with Crippen LogP contribution in [-0.4, -0.2) is 46.2 Å². The lowest BCUT2D eigenvalue weighted by Crippen LogP contribution is -2.27. The molecule has 0 aliphatic rings. The summed E-state index contributed by atoms with van der Waals surface area (Å²) in [6.07, 6.45) is 6.97. The molecule has 0 fully saturated rings. The van der Waals surface area contributed by atoms with Crippen molar-refractivity contribution in [1.82, 2.24) is 29.5 Å². The van der Waals surface area contributed by atoms with E-state index in [0.29, 0.717) is 12.2 Å². The van der Waals surface area contributed by atoms with Crippen LogP contribution >= 0.6 is 0 Å². The first-order valence-corrected chi connectivity index (χ1v) is 9.40. The average Bonchev–Trinajstić information content (AvgIpc) is 3.04.